The van der Waals surface area contributed by atoms with Crippen LogP contribution >= 0.6 is 0 Å². The third-order valence-electron chi connectivity index (χ3n) is 2.50. The normalized spacial score (nSPS) is 9.68. The van der Waals surface area contributed by atoms with Crippen LogP contribution in [0.3, 0.4) is 0 Å². The first-order valence-electron chi connectivity index (χ1n) is 5.37. The highest BCUT2D eigenvalue weighted by Crippen LogP contribution is 2.23. The largest absolute Gasteiger partial charge is 0.480 e. The van der Waals surface area contributed by atoms with Gasteiger partial charge in [-0.1, -0.05) is 12.1 Å². The molecule has 6 nitrogen and oxygen atoms in total. The van der Waals surface area contributed by atoms with E-state index in [4.69, 9.17) is 15.7 Å². The third kappa shape index (κ3) is 2.35. The zero-order chi connectivity index (χ0) is 13.8. The summed E-state index contributed by atoms with van der Waals surface area (Å²) in [6.07, 6.45) is 1.29. The Morgan fingerprint density at radius 2 is 2.16 bits per heavy atom. The maximum atomic E-state index is 11.2. The molecule has 0 spiro atoms. The highest BCUT2D eigenvalue weighted by molar-refractivity contribution is 5.94. The summed E-state index contributed by atoms with van der Waals surface area (Å²) in [4.78, 5) is 19.3. The lowest BCUT2D eigenvalue weighted by atomic mass is 10.1. The molecular weight excluding hydrogens is 244 g/mol. The van der Waals surface area contributed by atoms with E-state index in [1.54, 1.807) is 24.3 Å². The molecular formula is C13H10N4O2. The summed E-state index contributed by atoms with van der Waals surface area (Å²) in [5.41, 5.74) is 6.29. The van der Waals surface area contributed by atoms with Gasteiger partial charge in [0.2, 0.25) is 5.88 Å². The van der Waals surface area contributed by atoms with E-state index in [1.807, 2.05) is 0 Å². The molecule has 0 aliphatic rings. The van der Waals surface area contributed by atoms with Crippen LogP contribution in [0.1, 0.15) is 15.9 Å². The topological polar surface area (TPSA) is 102 Å². The number of carbonyl (C=O) groups is 1. The lowest BCUT2D eigenvalue weighted by Gasteiger charge is -2.07. The fourth-order valence-electron chi connectivity index (χ4n) is 1.60. The second-order valence-corrected chi connectivity index (χ2v) is 3.64. The van der Waals surface area contributed by atoms with Crippen LogP contribution in [0.5, 0.6) is 5.88 Å². The van der Waals surface area contributed by atoms with Crippen molar-refractivity contribution >= 4 is 5.91 Å². The van der Waals surface area contributed by atoms with Gasteiger partial charge in [0.05, 0.1) is 18.7 Å². The molecule has 6 heteroatoms. The zero-order valence-corrected chi connectivity index (χ0v) is 10.1. The van der Waals surface area contributed by atoms with Crippen molar-refractivity contribution in [2.75, 3.05) is 7.11 Å². The number of aromatic nitrogens is 2. The van der Waals surface area contributed by atoms with Crippen molar-refractivity contribution < 1.29 is 9.53 Å². The maximum absolute atomic E-state index is 11.2. The van der Waals surface area contributed by atoms with E-state index in [2.05, 4.69) is 16.0 Å². The molecule has 1 amide bonds. The summed E-state index contributed by atoms with van der Waals surface area (Å²) in [5, 5.41) is 9.04. The number of primary amides is 1. The molecule has 0 saturated heterocycles. The van der Waals surface area contributed by atoms with Crippen molar-refractivity contribution in [2.45, 2.75) is 0 Å². The Morgan fingerprint density at radius 3 is 2.79 bits per heavy atom. The Bertz CT molecular complexity index is 677. The number of nitrogens with two attached hydrogens (primary N) is 1. The number of carbonyl (C=O) groups excluding carboxylic acids is 1. The summed E-state index contributed by atoms with van der Waals surface area (Å²) < 4.78 is 5.01. The fraction of sp³-hybridized carbons (Fsp3) is 0.0769. The molecule has 0 unspecified atom stereocenters. The van der Waals surface area contributed by atoms with Crippen LogP contribution in [0, 0.1) is 11.3 Å². The van der Waals surface area contributed by atoms with E-state index in [0.717, 1.165) is 0 Å². The summed E-state index contributed by atoms with van der Waals surface area (Å²) in [6, 6.07) is 8.95. The number of nitriles is 1. The molecule has 0 atom stereocenters. The first-order chi connectivity index (χ1) is 9.17. The number of nitrogens with zero attached hydrogens (tertiary/aromatic N) is 3. The minimum atomic E-state index is -0.669. The molecule has 1 heterocycles. The second-order valence-electron chi connectivity index (χ2n) is 3.64. The first kappa shape index (κ1) is 12.5. The fourth-order valence-corrected chi connectivity index (χ4v) is 1.60. The van der Waals surface area contributed by atoms with Gasteiger partial charge in [-0.3, -0.25) is 4.79 Å². The zero-order valence-electron chi connectivity index (χ0n) is 10.1. The summed E-state index contributed by atoms with van der Waals surface area (Å²) >= 11 is 0. The van der Waals surface area contributed by atoms with Crippen LogP contribution in [-0.2, 0) is 0 Å². The molecule has 0 aliphatic carbocycles. The van der Waals surface area contributed by atoms with Crippen LogP contribution in [0.2, 0.25) is 0 Å². The van der Waals surface area contributed by atoms with Crippen molar-refractivity contribution in [3.05, 3.63) is 41.6 Å². The van der Waals surface area contributed by atoms with Gasteiger partial charge < -0.3 is 10.5 Å². The standard InChI is InChI=1S/C13H10N4O2/c1-19-13-10(11(15)18)7-16-12(17-13)9-5-3-2-4-8(9)6-14/h2-5,7H,1H3,(H2,15,18). The Balaban J connectivity index is 2.59. The minimum absolute atomic E-state index is 0.0882. The van der Waals surface area contributed by atoms with Gasteiger partial charge in [-0.2, -0.15) is 10.2 Å². The molecule has 2 N–H and O–H groups in total. The van der Waals surface area contributed by atoms with E-state index in [9.17, 15) is 4.79 Å². The highest BCUT2D eigenvalue weighted by atomic mass is 16.5. The van der Waals surface area contributed by atoms with Crippen molar-refractivity contribution in [3.63, 3.8) is 0 Å². The number of rotatable bonds is 3. The van der Waals surface area contributed by atoms with E-state index < -0.39 is 5.91 Å². The molecule has 0 aliphatic heterocycles. The number of ether oxygens (including phenoxy) is 1. The quantitative estimate of drug-likeness (QED) is 0.884. The van der Waals surface area contributed by atoms with Crippen molar-refractivity contribution in [1.82, 2.24) is 9.97 Å². The molecule has 2 aromatic rings. The number of hydrogen-bond donors (Lipinski definition) is 1. The average molecular weight is 254 g/mol. The number of methoxy groups -OCH3 is 1. The smallest absolute Gasteiger partial charge is 0.255 e. The van der Waals surface area contributed by atoms with E-state index >= 15 is 0 Å². The molecule has 1 aromatic carbocycles. The van der Waals surface area contributed by atoms with Crippen LogP contribution in [0.4, 0.5) is 0 Å². The molecule has 0 radical (unpaired) electrons. The lowest BCUT2D eigenvalue weighted by molar-refractivity contribution is 0.0996. The van der Waals surface area contributed by atoms with E-state index in [0.29, 0.717) is 17.0 Å². The molecule has 0 fully saturated rings. The highest BCUT2D eigenvalue weighted by Gasteiger charge is 2.14. The second kappa shape index (κ2) is 5.14. The Hall–Kier alpha value is -2.94. The van der Waals surface area contributed by atoms with Crippen molar-refractivity contribution in [1.29, 1.82) is 5.26 Å². The van der Waals surface area contributed by atoms with Gasteiger partial charge in [0, 0.05) is 11.8 Å². The van der Waals surface area contributed by atoms with Gasteiger partial charge in [-0.05, 0) is 12.1 Å². The van der Waals surface area contributed by atoms with Crippen LogP contribution in [-0.4, -0.2) is 23.0 Å². The molecule has 0 bridgehead atoms. The summed E-state index contributed by atoms with van der Waals surface area (Å²) in [5.74, 6) is -0.277. The minimum Gasteiger partial charge on any atom is -0.480 e. The number of hydrogen-bond acceptors (Lipinski definition) is 5. The molecule has 94 valence electrons. The van der Waals surface area contributed by atoms with Crippen LogP contribution < -0.4 is 10.5 Å². The van der Waals surface area contributed by atoms with Crippen molar-refractivity contribution in [3.8, 4) is 23.3 Å². The summed E-state index contributed by atoms with van der Waals surface area (Å²) in [6.45, 7) is 0. The van der Waals surface area contributed by atoms with Gasteiger partial charge in [0.25, 0.3) is 5.91 Å². The van der Waals surface area contributed by atoms with Crippen LogP contribution in [0.15, 0.2) is 30.5 Å². The Kier molecular flexibility index (Phi) is 3.39. The van der Waals surface area contributed by atoms with E-state index in [-0.39, 0.29) is 11.4 Å². The molecule has 2 rings (SSSR count). The van der Waals surface area contributed by atoms with Crippen LogP contribution in [0.25, 0.3) is 11.4 Å². The first-order valence-corrected chi connectivity index (χ1v) is 5.37. The van der Waals surface area contributed by atoms with Crippen molar-refractivity contribution in [2.24, 2.45) is 5.73 Å². The van der Waals surface area contributed by atoms with Gasteiger partial charge >= 0.3 is 0 Å². The predicted octanol–water partition coefficient (Wildman–Crippen LogP) is 1.12. The van der Waals surface area contributed by atoms with Gasteiger partial charge in [-0.15, -0.1) is 0 Å². The average Bonchev–Trinajstić information content (AvgIpc) is 2.46. The van der Waals surface area contributed by atoms with Gasteiger partial charge in [0.15, 0.2) is 5.82 Å². The summed E-state index contributed by atoms with van der Waals surface area (Å²) in [7, 11) is 1.38. The lowest BCUT2D eigenvalue weighted by Crippen LogP contribution is -2.14. The molecule has 0 saturated carbocycles. The van der Waals surface area contributed by atoms with Gasteiger partial charge in [0.1, 0.15) is 5.56 Å². The Morgan fingerprint density at radius 1 is 1.42 bits per heavy atom. The molecule has 19 heavy (non-hydrogen) atoms. The SMILES string of the molecule is COc1nc(-c2ccccc2C#N)ncc1C(N)=O. The number of amides is 1. The monoisotopic (exact) mass is 254 g/mol. The molecule has 1 aromatic heterocycles. The third-order valence-corrected chi connectivity index (χ3v) is 2.50. The number of benzene rings is 1. The van der Waals surface area contributed by atoms with E-state index in [1.165, 1.54) is 13.3 Å². The maximum Gasteiger partial charge on any atom is 0.255 e. The predicted molar refractivity (Wildman–Crippen MR) is 67.3 cm³/mol. The van der Waals surface area contributed by atoms with Gasteiger partial charge in [-0.25, -0.2) is 4.98 Å². The Labute approximate surface area is 109 Å².